The second-order valence-electron chi connectivity index (χ2n) is 2.54. The lowest BCUT2D eigenvalue weighted by molar-refractivity contribution is 0.424. The second-order valence-corrected chi connectivity index (χ2v) is 2.54. The van der Waals surface area contributed by atoms with Gasteiger partial charge in [0.1, 0.15) is 5.65 Å². The topological polar surface area (TPSA) is 69.1 Å². The summed E-state index contributed by atoms with van der Waals surface area (Å²) in [5.74, 6) is 0. The van der Waals surface area contributed by atoms with Crippen LogP contribution in [0.5, 0.6) is 0 Å². The van der Waals surface area contributed by atoms with Gasteiger partial charge in [-0.25, -0.2) is 4.98 Å². The third-order valence-corrected chi connectivity index (χ3v) is 1.69. The van der Waals surface area contributed by atoms with Crippen LogP contribution in [-0.2, 0) is 0 Å². The number of nitrogens with zero attached hydrogens (tertiary/aromatic N) is 1. The molecule has 2 aromatic rings. The number of hydrogen-bond donors (Lipinski definition) is 3. The molecule has 0 saturated heterocycles. The Balaban J connectivity index is 0.000000845. The maximum atomic E-state index is 8.82. The molecule has 0 amide bonds. The number of rotatable bonds is 1. The fourth-order valence-corrected chi connectivity index (χ4v) is 1.12. The molecule has 6 heteroatoms. The van der Waals surface area contributed by atoms with Crippen molar-refractivity contribution in [3.8, 4) is 0 Å². The lowest BCUT2D eigenvalue weighted by atomic mass is 9.87. The van der Waals surface area contributed by atoms with E-state index in [0.29, 0.717) is 11.2 Å². The van der Waals surface area contributed by atoms with Crippen LogP contribution < -0.4 is 5.59 Å². The highest BCUT2D eigenvalue weighted by Crippen LogP contribution is 2.05. The van der Waals surface area contributed by atoms with E-state index in [0.717, 1.165) is 5.39 Å². The van der Waals surface area contributed by atoms with Gasteiger partial charge in [0, 0.05) is 17.2 Å². The van der Waals surface area contributed by atoms with E-state index in [1.807, 2.05) is 6.07 Å². The highest BCUT2D eigenvalue weighted by Gasteiger charge is 2.13. The number of aromatic nitrogens is 2. The summed E-state index contributed by atoms with van der Waals surface area (Å²) in [6.07, 6.45) is 1.65. The van der Waals surface area contributed by atoms with E-state index < -0.39 is 7.12 Å². The minimum Gasteiger partial charge on any atom is -0.422 e. The maximum absolute atomic E-state index is 8.82. The zero-order valence-corrected chi connectivity index (χ0v) is 7.45. The van der Waals surface area contributed by atoms with Crippen molar-refractivity contribution in [2.75, 3.05) is 0 Å². The molecule has 13 heavy (non-hydrogen) atoms. The molecule has 2 rings (SSSR count). The van der Waals surface area contributed by atoms with E-state index in [4.69, 9.17) is 10.0 Å². The number of halogens is 1. The van der Waals surface area contributed by atoms with Crippen molar-refractivity contribution in [3.05, 3.63) is 24.4 Å². The highest BCUT2D eigenvalue weighted by molar-refractivity contribution is 6.58. The number of aromatic amines is 1. The Morgan fingerprint density at radius 3 is 2.77 bits per heavy atom. The predicted molar refractivity (Wildman–Crippen MR) is 53.2 cm³/mol. The average Bonchev–Trinajstić information content (AvgIpc) is 2.46. The van der Waals surface area contributed by atoms with Crippen molar-refractivity contribution in [2.45, 2.75) is 0 Å². The molecule has 0 unspecified atom stereocenters. The molecule has 68 valence electrons. The van der Waals surface area contributed by atoms with E-state index in [1.165, 1.54) is 0 Å². The van der Waals surface area contributed by atoms with Crippen LogP contribution in [0.15, 0.2) is 24.4 Å². The SMILES string of the molecule is Cl.OB(O)c1cc2cccnc2[nH]1. The lowest BCUT2D eigenvalue weighted by Crippen LogP contribution is -2.30. The van der Waals surface area contributed by atoms with Crippen LogP contribution in [0.3, 0.4) is 0 Å². The Bertz CT molecular complexity index is 371. The standard InChI is InChI=1S/C7H7BN2O2.ClH/c11-8(12)6-4-5-2-1-3-9-7(5)10-6;/h1-4,11-12H,(H,9,10);1H. The van der Waals surface area contributed by atoms with Crippen LogP contribution in [0.4, 0.5) is 0 Å². The molecule has 0 radical (unpaired) electrons. The first-order chi connectivity index (χ1) is 5.77. The zero-order chi connectivity index (χ0) is 8.55. The van der Waals surface area contributed by atoms with Gasteiger partial charge in [0.05, 0.1) is 0 Å². The number of H-pyrrole nitrogens is 1. The smallest absolute Gasteiger partial charge is 0.422 e. The van der Waals surface area contributed by atoms with Gasteiger partial charge in [-0.05, 0) is 18.2 Å². The van der Waals surface area contributed by atoms with Gasteiger partial charge in [-0.3, -0.25) is 0 Å². The van der Waals surface area contributed by atoms with Gasteiger partial charge in [-0.15, -0.1) is 12.4 Å². The fraction of sp³-hybridized carbons (Fsp3) is 0. The van der Waals surface area contributed by atoms with E-state index in [2.05, 4.69) is 9.97 Å². The molecular weight excluding hydrogens is 190 g/mol. The number of fused-ring (bicyclic) bond motifs is 1. The van der Waals surface area contributed by atoms with E-state index in [9.17, 15) is 0 Å². The van der Waals surface area contributed by atoms with Gasteiger partial charge in [-0.1, -0.05) is 0 Å². The average molecular weight is 198 g/mol. The summed E-state index contributed by atoms with van der Waals surface area (Å²) in [5.41, 5.74) is 1.03. The minimum absolute atomic E-state index is 0. The molecule has 0 fully saturated rings. The number of hydrogen-bond acceptors (Lipinski definition) is 3. The van der Waals surface area contributed by atoms with Crippen molar-refractivity contribution in [1.82, 2.24) is 9.97 Å². The summed E-state index contributed by atoms with van der Waals surface area (Å²) >= 11 is 0. The van der Waals surface area contributed by atoms with Crippen molar-refractivity contribution in [2.24, 2.45) is 0 Å². The summed E-state index contributed by atoms with van der Waals surface area (Å²) in [7, 11) is -1.46. The fourth-order valence-electron chi connectivity index (χ4n) is 1.12. The monoisotopic (exact) mass is 198 g/mol. The van der Waals surface area contributed by atoms with Gasteiger partial charge in [-0.2, -0.15) is 0 Å². The van der Waals surface area contributed by atoms with Crippen LogP contribution in [-0.4, -0.2) is 27.1 Å². The van der Waals surface area contributed by atoms with Gasteiger partial charge in [0.15, 0.2) is 0 Å². The number of nitrogens with one attached hydrogen (secondary N) is 1. The van der Waals surface area contributed by atoms with Crippen molar-refractivity contribution in [3.63, 3.8) is 0 Å². The lowest BCUT2D eigenvalue weighted by Gasteiger charge is -1.89. The molecule has 0 bridgehead atoms. The first-order valence-electron chi connectivity index (χ1n) is 3.57. The Morgan fingerprint density at radius 1 is 1.38 bits per heavy atom. The van der Waals surface area contributed by atoms with Crippen molar-refractivity contribution >= 4 is 36.2 Å². The largest absolute Gasteiger partial charge is 0.505 e. The van der Waals surface area contributed by atoms with Crippen LogP contribution in [0.2, 0.25) is 0 Å². The molecule has 2 heterocycles. The Hall–Kier alpha value is -1.04. The van der Waals surface area contributed by atoms with Crippen LogP contribution in [0.1, 0.15) is 0 Å². The molecule has 0 aliphatic carbocycles. The van der Waals surface area contributed by atoms with Gasteiger partial charge in [0.2, 0.25) is 0 Å². The van der Waals surface area contributed by atoms with E-state index in [1.54, 1.807) is 18.3 Å². The molecule has 0 aromatic carbocycles. The van der Waals surface area contributed by atoms with Gasteiger partial charge < -0.3 is 15.0 Å². The second kappa shape index (κ2) is 3.78. The van der Waals surface area contributed by atoms with Gasteiger partial charge >= 0.3 is 7.12 Å². The Kier molecular flexibility index (Phi) is 2.92. The molecule has 0 atom stereocenters. The third kappa shape index (κ3) is 1.83. The number of pyridine rings is 1. The molecule has 0 saturated carbocycles. The normalized spacial score (nSPS) is 9.69. The van der Waals surface area contributed by atoms with Crippen molar-refractivity contribution < 1.29 is 10.0 Å². The highest BCUT2D eigenvalue weighted by atomic mass is 35.5. The Morgan fingerprint density at radius 2 is 2.15 bits per heavy atom. The summed E-state index contributed by atoms with van der Waals surface area (Å²) in [5, 5.41) is 18.5. The summed E-state index contributed by atoms with van der Waals surface area (Å²) in [6.45, 7) is 0. The van der Waals surface area contributed by atoms with E-state index in [-0.39, 0.29) is 12.4 Å². The summed E-state index contributed by atoms with van der Waals surface area (Å²) < 4.78 is 0. The molecule has 0 spiro atoms. The van der Waals surface area contributed by atoms with Gasteiger partial charge in [0.25, 0.3) is 0 Å². The molecule has 0 aliphatic rings. The summed E-state index contributed by atoms with van der Waals surface area (Å²) in [4.78, 5) is 6.79. The van der Waals surface area contributed by atoms with Crippen LogP contribution in [0, 0.1) is 0 Å². The first-order valence-corrected chi connectivity index (χ1v) is 3.57. The molecular formula is C7H8BClN2O2. The molecule has 0 aliphatic heterocycles. The quantitative estimate of drug-likeness (QED) is 0.549. The zero-order valence-electron chi connectivity index (χ0n) is 6.64. The van der Waals surface area contributed by atoms with Crippen LogP contribution in [0.25, 0.3) is 11.0 Å². The van der Waals surface area contributed by atoms with Crippen LogP contribution >= 0.6 is 12.4 Å². The first kappa shape index (κ1) is 10.0. The Labute approximate surface area is 81.2 Å². The summed E-state index contributed by atoms with van der Waals surface area (Å²) in [6, 6.07) is 5.31. The minimum atomic E-state index is -1.46. The van der Waals surface area contributed by atoms with E-state index >= 15 is 0 Å². The predicted octanol–water partition coefficient (Wildman–Crippen LogP) is -0.336. The molecule has 2 aromatic heterocycles. The van der Waals surface area contributed by atoms with Crippen molar-refractivity contribution in [1.29, 1.82) is 0 Å². The molecule has 3 N–H and O–H groups in total. The molecule has 4 nitrogen and oxygen atoms in total. The maximum Gasteiger partial charge on any atom is 0.505 e. The third-order valence-electron chi connectivity index (χ3n) is 1.69.